The molecule has 10 heteroatoms. The van der Waals surface area contributed by atoms with Gasteiger partial charge in [-0.05, 0) is 42.3 Å². The highest BCUT2D eigenvalue weighted by Gasteiger charge is 2.37. The summed E-state index contributed by atoms with van der Waals surface area (Å²) in [6, 6.07) is 11.3. The Hall–Kier alpha value is -2.49. The molecule has 0 N–H and O–H groups in total. The summed E-state index contributed by atoms with van der Waals surface area (Å²) in [5.74, 6) is 0. The van der Waals surface area contributed by atoms with Crippen LogP contribution in [-0.4, -0.2) is 37.9 Å². The largest absolute Gasteiger partial charge is 0.444 e. The number of hydrogen-bond donors (Lipinski definition) is 0. The Kier molecular flexibility index (Phi) is 5.28. The minimum atomic E-state index is -3.80. The number of amides is 1. The Balaban J connectivity index is 1.53. The molecule has 0 atom stereocenters. The molecule has 152 valence electrons. The van der Waals surface area contributed by atoms with Crippen LogP contribution in [0.5, 0.6) is 0 Å². The van der Waals surface area contributed by atoms with E-state index in [1.54, 1.807) is 4.90 Å². The number of fused-ring (bicyclic) bond motifs is 1. The second-order valence-corrected chi connectivity index (χ2v) is 9.24. The first-order valence-electron chi connectivity index (χ1n) is 9.09. The van der Waals surface area contributed by atoms with E-state index in [1.165, 1.54) is 22.5 Å². The first-order valence-corrected chi connectivity index (χ1v) is 10.9. The zero-order valence-electron chi connectivity index (χ0n) is 15.3. The number of sulfonamides is 1. The lowest BCUT2D eigenvalue weighted by atomic mass is 10.0. The van der Waals surface area contributed by atoms with E-state index in [0.717, 1.165) is 11.3 Å². The molecular formula is C19H18ClN3O5S. The number of para-hydroxylation sites is 1. The smallest absolute Gasteiger partial charge is 0.414 e. The number of hydrogen-bond acceptors (Lipinski definition) is 6. The molecule has 2 aromatic carbocycles. The standard InChI is InChI=1S/C19H18ClN3O5S/c20-16-6-5-15(11-17(16)21-25)29(26,27)22-9-7-14(8-10-22)23-18-4-2-1-3-13(18)12-28-19(23)24/h1-6,11,14H,7-10,12H2. The number of benzene rings is 2. The summed E-state index contributed by atoms with van der Waals surface area (Å²) in [5.41, 5.74) is 1.62. The van der Waals surface area contributed by atoms with Gasteiger partial charge < -0.3 is 4.74 Å². The second kappa shape index (κ2) is 7.74. The summed E-state index contributed by atoms with van der Waals surface area (Å²) >= 11 is 5.84. The van der Waals surface area contributed by atoms with Crippen molar-refractivity contribution >= 4 is 39.1 Å². The van der Waals surface area contributed by atoms with Gasteiger partial charge in [0, 0.05) is 24.7 Å². The van der Waals surface area contributed by atoms with Crippen LogP contribution in [0.25, 0.3) is 0 Å². The maximum absolute atomic E-state index is 12.9. The van der Waals surface area contributed by atoms with Crippen LogP contribution in [0.2, 0.25) is 5.02 Å². The van der Waals surface area contributed by atoms with Crippen LogP contribution in [-0.2, 0) is 21.4 Å². The number of cyclic esters (lactones) is 1. The Morgan fingerprint density at radius 1 is 1.10 bits per heavy atom. The minimum Gasteiger partial charge on any atom is -0.444 e. The van der Waals surface area contributed by atoms with Gasteiger partial charge in [-0.2, -0.15) is 4.31 Å². The molecule has 0 aliphatic carbocycles. The molecule has 4 rings (SSSR count). The number of carbonyl (C=O) groups is 1. The van der Waals surface area contributed by atoms with Crippen molar-refractivity contribution in [2.75, 3.05) is 18.0 Å². The third-order valence-electron chi connectivity index (χ3n) is 5.24. The van der Waals surface area contributed by atoms with Crippen molar-refractivity contribution < 1.29 is 17.9 Å². The maximum atomic E-state index is 12.9. The van der Waals surface area contributed by atoms with Crippen LogP contribution < -0.4 is 4.90 Å². The fourth-order valence-electron chi connectivity index (χ4n) is 3.73. The molecule has 1 amide bonds. The summed E-state index contributed by atoms with van der Waals surface area (Å²) in [5, 5.41) is 2.87. The second-order valence-electron chi connectivity index (χ2n) is 6.89. The predicted octanol–water partition coefficient (Wildman–Crippen LogP) is 4.05. The van der Waals surface area contributed by atoms with Crippen LogP contribution >= 0.6 is 11.6 Å². The summed E-state index contributed by atoms with van der Waals surface area (Å²) < 4.78 is 32.5. The van der Waals surface area contributed by atoms with Gasteiger partial charge in [-0.25, -0.2) is 13.2 Å². The van der Waals surface area contributed by atoms with Gasteiger partial charge in [0.2, 0.25) is 10.0 Å². The number of carbonyl (C=O) groups excluding carboxylic acids is 1. The van der Waals surface area contributed by atoms with E-state index in [1.807, 2.05) is 24.3 Å². The van der Waals surface area contributed by atoms with Crippen molar-refractivity contribution in [2.24, 2.45) is 5.18 Å². The molecule has 0 aromatic heterocycles. The van der Waals surface area contributed by atoms with E-state index in [-0.39, 0.29) is 41.3 Å². The summed E-state index contributed by atoms with van der Waals surface area (Å²) in [4.78, 5) is 24.8. The molecule has 0 saturated carbocycles. The highest BCUT2D eigenvalue weighted by molar-refractivity contribution is 7.89. The lowest BCUT2D eigenvalue weighted by molar-refractivity contribution is 0.136. The highest BCUT2D eigenvalue weighted by atomic mass is 35.5. The van der Waals surface area contributed by atoms with E-state index >= 15 is 0 Å². The Bertz CT molecular complexity index is 1070. The van der Waals surface area contributed by atoms with Crippen molar-refractivity contribution in [1.82, 2.24) is 4.31 Å². The number of halogens is 1. The number of ether oxygens (including phenoxy) is 1. The third-order valence-corrected chi connectivity index (χ3v) is 7.46. The molecule has 0 radical (unpaired) electrons. The third kappa shape index (κ3) is 3.61. The average Bonchev–Trinajstić information content (AvgIpc) is 2.74. The van der Waals surface area contributed by atoms with Gasteiger partial charge in [0.1, 0.15) is 12.3 Å². The van der Waals surface area contributed by atoms with E-state index in [4.69, 9.17) is 16.3 Å². The van der Waals surface area contributed by atoms with Gasteiger partial charge >= 0.3 is 6.09 Å². The van der Waals surface area contributed by atoms with Crippen LogP contribution in [0.4, 0.5) is 16.2 Å². The van der Waals surface area contributed by atoms with Gasteiger partial charge in [0.15, 0.2) is 0 Å². The number of nitrogens with zero attached hydrogens (tertiary/aromatic N) is 3. The molecule has 29 heavy (non-hydrogen) atoms. The topological polar surface area (TPSA) is 96.4 Å². The predicted molar refractivity (Wildman–Crippen MR) is 108 cm³/mol. The van der Waals surface area contributed by atoms with Gasteiger partial charge in [0.05, 0.1) is 15.6 Å². The first kappa shape index (κ1) is 19.8. The molecule has 0 unspecified atom stereocenters. The van der Waals surface area contributed by atoms with E-state index in [0.29, 0.717) is 12.8 Å². The van der Waals surface area contributed by atoms with Crippen LogP contribution in [0.1, 0.15) is 18.4 Å². The van der Waals surface area contributed by atoms with E-state index < -0.39 is 16.1 Å². The van der Waals surface area contributed by atoms with Crippen LogP contribution in [0, 0.1) is 4.91 Å². The number of anilines is 1. The minimum absolute atomic E-state index is 0.0299. The number of piperidine rings is 1. The molecule has 2 heterocycles. The SMILES string of the molecule is O=Nc1cc(S(=O)(=O)N2CCC(N3C(=O)OCc4ccccc43)CC2)ccc1Cl. The maximum Gasteiger partial charge on any atom is 0.414 e. The average molecular weight is 436 g/mol. The zero-order chi connectivity index (χ0) is 20.6. The van der Waals surface area contributed by atoms with Gasteiger partial charge in [-0.15, -0.1) is 4.91 Å². The van der Waals surface area contributed by atoms with Crippen molar-refractivity contribution in [2.45, 2.75) is 30.4 Å². The van der Waals surface area contributed by atoms with Crippen LogP contribution in [0.15, 0.2) is 52.5 Å². The molecule has 0 bridgehead atoms. The fourth-order valence-corrected chi connectivity index (χ4v) is 5.38. The lowest BCUT2D eigenvalue weighted by Crippen LogP contribution is -2.50. The quantitative estimate of drug-likeness (QED) is 0.675. The fraction of sp³-hybridized carbons (Fsp3) is 0.316. The Morgan fingerprint density at radius 2 is 1.83 bits per heavy atom. The lowest BCUT2D eigenvalue weighted by Gasteiger charge is -2.39. The zero-order valence-corrected chi connectivity index (χ0v) is 16.9. The normalized spacial score (nSPS) is 18.2. The molecule has 8 nitrogen and oxygen atoms in total. The van der Waals surface area contributed by atoms with Crippen molar-refractivity contribution in [1.29, 1.82) is 0 Å². The van der Waals surface area contributed by atoms with Crippen molar-refractivity contribution in [3.8, 4) is 0 Å². The molecule has 1 fully saturated rings. The Morgan fingerprint density at radius 3 is 2.55 bits per heavy atom. The van der Waals surface area contributed by atoms with E-state index in [2.05, 4.69) is 5.18 Å². The number of rotatable bonds is 4. The molecule has 1 saturated heterocycles. The van der Waals surface area contributed by atoms with E-state index in [9.17, 15) is 18.1 Å². The van der Waals surface area contributed by atoms with Gasteiger partial charge in [-0.3, -0.25) is 4.90 Å². The van der Waals surface area contributed by atoms with Crippen molar-refractivity contribution in [3.63, 3.8) is 0 Å². The van der Waals surface area contributed by atoms with Crippen molar-refractivity contribution in [3.05, 3.63) is 58.0 Å². The summed E-state index contributed by atoms with van der Waals surface area (Å²) in [6.07, 6.45) is 0.522. The van der Waals surface area contributed by atoms with Crippen LogP contribution in [0.3, 0.4) is 0 Å². The molecule has 2 aromatic rings. The summed E-state index contributed by atoms with van der Waals surface area (Å²) in [7, 11) is -3.80. The van der Waals surface area contributed by atoms with Gasteiger partial charge in [0.25, 0.3) is 0 Å². The first-order chi connectivity index (χ1) is 13.9. The molecule has 0 spiro atoms. The monoisotopic (exact) mass is 435 g/mol. The summed E-state index contributed by atoms with van der Waals surface area (Å²) in [6.45, 7) is 0.721. The molecular weight excluding hydrogens is 418 g/mol. The van der Waals surface area contributed by atoms with Gasteiger partial charge in [-0.1, -0.05) is 29.8 Å². The molecule has 2 aliphatic heterocycles. The Labute approximate surface area is 173 Å². The highest BCUT2D eigenvalue weighted by Crippen LogP contribution is 2.34. The number of nitroso groups, excluding NO2 is 1. The molecule has 2 aliphatic rings.